The third kappa shape index (κ3) is 4.14. The minimum atomic E-state index is 0.0604. The van der Waals surface area contributed by atoms with Crippen molar-refractivity contribution < 1.29 is 4.79 Å². The number of amides is 1. The first-order chi connectivity index (χ1) is 11.8. The topological polar surface area (TPSA) is 72.7 Å². The van der Waals surface area contributed by atoms with E-state index in [1.807, 2.05) is 18.2 Å². The molecular weight excluding hydrogens is 322 g/mol. The van der Waals surface area contributed by atoms with Crippen LogP contribution in [0.3, 0.4) is 0 Å². The fourth-order valence-corrected chi connectivity index (χ4v) is 3.78. The number of aryl methyl sites for hydroxylation is 1. The van der Waals surface area contributed by atoms with Gasteiger partial charge in [-0.2, -0.15) is 4.68 Å². The maximum Gasteiger partial charge on any atom is 0.230 e. The highest BCUT2D eigenvalue weighted by Gasteiger charge is 2.17. The molecule has 1 fully saturated rings. The fourth-order valence-electron chi connectivity index (χ4n) is 3.08. The van der Waals surface area contributed by atoms with Crippen LogP contribution in [0.4, 0.5) is 0 Å². The number of rotatable bonds is 6. The van der Waals surface area contributed by atoms with E-state index >= 15 is 0 Å². The van der Waals surface area contributed by atoms with Crippen LogP contribution in [-0.4, -0.2) is 37.9 Å². The monoisotopic (exact) mass is 345 g/mol. The first-order valence-electron chi connectivity index (χ1n) is 8.56. The SMILES string of the molecule is CCc1ccccc1-n1nnnc1SCC(=O)NC1CCCCC1. The molecule has 0 saturated heterocycles. The van der Waals surface area contributed by atoms with Crippen LogP contribution in [0.15, 0.2) is 29.4 Å². The molecule has 1 aromatic carbocycles. The lowest BCUT2D eigenvalue weighted by atomic mass is 9.95. The summed E-state index contributed by atoms with van der Waals surface area (Å²) in [5.74, 6) is 0.399. The van der Waals surface area contributed by atoms with Crippen molar-refractivity contribution in [2.75, 3.05) is 5.75 Å². The highest BCUT2D eigenvalue weighted by molar-refractivity contribution is 7.99. The van der Waals surface area contributed by atoms with Crippen LogP contribution in [0.1, 0.15) is 44.6 Å². The second kappa shape index (κ2) is 8.28. The van der Waals surface area contributed by atoms with Crippen LogP contribution in [0.25, 0.3) is 5.69 Å². The molecule has 1 heterocycles. The zero-order valence-corrected chi connectivity index (χ0v) is 14.8. The summed E-state index contributed by atoms with van der Waals surface area (Å²) in [6, 6.07) is 8.39. The first kappa shape index (κ1) is 17.0. The maximum atomic E-state index is 12.2. The molecule has 6 nitrogen and oxygen atoms in total. The van der Waals surface area contributed by atoms with E-state index in [1.54, 1.807) is 4.68 Å². The van der Waals surface area contributed by atoms with Crippen molar-refractivity contribution in [3.63, 3.8) is 0 Å². The molecule has 7 heteroatoms. The van der Waals surface area contributed by atoms with E-state index in [0.29, 0.717) is 17.0 Å². The van der Waals surface area contributed by atoms with E-state index in [1.165, 1.54) is 36.6 Å². The van der Waals surface area contributed by atoms with E-state index in [4.69, 9.17) is 0 Å². The molecule has 1 aromatic heterocycles. The number of benzene rings is 1. The Morgan fingerprint density at radius 1 is 1.29 bits per heavy atom. The summed E-state index contributed by atoms with van der Waals surface area (Å²) in [5, 5.41) is 15.7. The van der Waals surface area contributed by atoms with Gasteiger partial charge in [0.15, 0.2) is 0 Å². The Balaban J connectivity index is 1.62. The van der Waals surface area contributed by atoms with Crippen LogP contribution in [0, 0.1) is 0 Å². The van der Waals surface area contributed by atoms with Crippen molar-refractivity contribution in [2.24, 2.45) is 0 Å². The molecule has 0 aliphatic heterocycles. The van der Waals surface area contributed by atoms with Crippen molar-refractivity contribution in [1.29, 1.82) is 0 Å². The molecule has 2 aromatic rings. The average Bonchev–Trinajstić information content (AvgIpc) is 3.09. The summed E-state index contributed by atoms with van der Waals surface area (Å²) in [4.78, 5) is 12.2. The molecule has 3 rings (SSSR count). The highest BCUT2D eigenvalue weighted by Crippen LogP contribution is 2.22. The number of carbonyl (C=O) groups excluding carboxylic acids is 1. The number of hydrogen-bond donors (Lipinski definition) is 1. The van der Waals surface area contributed by atoms with Gasteiger partial charge in [-0.3, -0.25) is 4.79 Å². The predicted molar refractivity (Wildman–Crippen MR) is 94.3 cm³/mol. The molecule has 24 heavy (non-hydrogen) atoms. The summed E-state index contributed by atoms with van der Waals surface area (Å²) in [6.45, 7) is 2.10. The molecule has 1 aliphatic carbocycles. The average molecular weight is 345 g/mol. The Morgan fingerprint density at radius 3 is 2.88 bits per heavy atom. The zero-order chi connectivity index (χ0) is 16.8. The summed E-state index contributed by atoms with van der Waals surface area (Å²) in [5.41, 5.74) is 2.15. The van der Waals surface area contributed by atoms with E-state index in [9.17, 15) is 4.79 Å². The maximum absolute atomic E-state index is 12.2. The molecular formula is C17H23N5OS. The van der Waals surface area contributed by atoms with Gasteiger partial charge >= 0.3 is 0 Å². The van der Waals surface area contributed by atoms with Crippen LogP contribution < -0.4 is 5.32 Å². The van der Waals surface area contributed by atoms with Gasteiger partial charge in [0.25, 0.3) is 0 Å². The molecule has 0 radical (unpaired) electrons. The van der Waals surface area contributed by atoms with E-state index in [2.05, 4.69) is 33.8 Å². The first-order valence-corrected chi connectivity index (χ1v) is 9.55. The highest BCUT2D eigenvalue weighted by atomic mass is 32.2. The van der Waals surface area contributed by atoms with Gasteiger partial charge in [-0.15, -0.1) is 5.10 Å². The molecule has 128 valence electrons. The van der Waals surface area contributed by atoms with Crippen LogP contribution in [-0.2, 0) is 11.2 Å². The normalized spacial score (nSPS) is 15.4. The standard InChI is InChI=1S/C17H23N5OS/c1-2-13-8-6-7-11-15(13)22-17(19-20-21-22)24-12-16(23)18-14-9-4-3-5-10-14/h6-8,11,14H,2-5,9-10,12H2,1H3,(H,18,23). The lowest BCUT2D eigenvalue weighted by Gasteiger charge is -2.22. The number of carbonyl (C=O) groups is 1. The number of hydrogen-bond acceptors (Lipinski definition) is 5. The van der Waals surface area contributed by atoms with Gasteiger partial charge in [0.2, 0.25) is 11.1 Å². The van der Waals surface area contributed by atoms with Gasteiger partial charge < -0.3 is 5.32 Å². The number of thioether (sulfide) groups is 1. The summed E-state index contributed by atoms with van der Waals surface area (Å²) < 4.78 is 1.72. The summed E-state index contributed by atoms with van der Waals surface area (Å²) >= 11 is 1.38. The molecule has 1 N–H and O–H groups in total. The zero-order valence-electron chi connectivity index (χ0n) is 13.9. The Morgan fingerprint density at radius 2 is 2.08 bits per heavy atom. The molecule has 0 bridgehead atoms. The van der Waals surface area contributed by atoms with Crippen LogP contribution in [0.5, 0.6) is 0 Å². The smallest absolute Gasteiger partial charge is 0.230 e. The molecule has 1 amide bonds. The molecule has 1 saturated carbocycles. The number of aromatic nitrogens is 4. The molecule has 1 aliphatic rings. The van der Waals surface area contributed by atoms with Gasteiger partial charge in [-0.25, -0.2) is 0 Å². The second-order valence-electron chi connectivity index (χ2n) is 6.05. The van der Waals surface area contributed by atoms with E-state index in [-0.39, 0.29) is 5.91 Å². The lowest BCUT2D eigenvalue weighted by Crippen LogP contribution is -2.37. The molecule has 0 unspecified atom stereocenters. The second-order valence-corrected chi connectivity index (χ2v) is 6.99. The Labute approximate surface area is 146 Å². The van der Waals surface area contributed by atoms with Gasteiger partial charge in [0.05, 0.1) is 11.4 Å². The van der Waals surface area contributed by atoms with Crippen molar-refractivity contribution in [1.82, 2.24) is 25.5 Å². The summed E-state index contributed by atoms with van der Waals surface area (Å²) in [7, 11) is 0. The van der Waals surface area contributed by atoms with Gasteiger partial charge in [0.1, 0.15) is 0 Å². The third-order valence-electron chi connectivity index (χ3n) is 4.34. The number of nitrogens with zero attached hydrogens (tertiary/aromatic N) is 4. The molecule has 0 atom stereocenters. The molecule has 0 spiro atoms. The van der Waals surface area contributed by atoms with Crippen molar-refractivity contribution in [3.05, 3.63) is 29.8 Å². The van der Waals surface area contributed by atoms with Crippen LogP contribution in [0.2, 0.25) is 0 Å². The minimum Gasteiger partial charge on any atom is -0.353 e. The van der Waals surface area contributed by atoms with E-state index in [0.717, 1.165) is 24.9 Å². The quantitative estimate of drug-likeness (QED) is 0.815. The van der Waals surface area contributed by atoms with Crippen molar-refractivity contribution in [3.8, 4) is 5.69 Å². The van der Waals surface area contributed by atoms with Gasteiger partial charge in [0, 0.05) is 6.04 Å². The summed E-state index contributed by atoms with van der Waals surface area (Å²) in [6.07, 6.45) is 6.80. The van der Waals surface area contributed by atoms with Crippen molar-refractivity contribution >= 4 is 17.7 Å². The fraction of sp³-hybridized carbons (Fsp3) is 0.529. The predicted octanol–water partition coefficient (Wildman–Crippen LogP) is 2.77. The van der Waals surface area contributed by atoms with E-state index < -0.39 is 0 Å². The number of para-hydroxylation sites is 1. The van der Waals surface area contributed by atoms with Crippen LogP contribution >= 0.6 is 11.8 Å². The Bertz CT molecular complexity index is 681. The van der Waals surface area contributed by atoms with Gasteiger partial charge in [-0.1, -0.05) is 56.1 Å². The number of tetrazole rings is 1. The third-order valence-corrected chi connectivity index (χ3v) is 5.26. The number of nitrogens with one attached hydrogen (secondary N) is 1. The minimum absolute atomic E-state index is 0.0604. The largest absolute Gasteiger partial charge is 0.353 e. The Hall–Kier alpha value is -1.89. The van der Waals surface area contributed by atoms with Gasteiger partial charge in [-0.05, 0) is 41.3 Å². The lowest BCUT2D eigenvalue weighted by molar-refractivity contribution is -0.119. The Kier molecular flexibility index (Phi) is 5.85. The van der Waals surface area contributed by atoms with Crippen molar-refractivity contribution in [2.45, 2.75) is 56.6 Å².